The fourth-order valence-corrected chi connectivity index (χ4v) is 2.13. The maximum Gasteiger partial charge on any atom is 0.252 e. The second kappa shape index (κ2) is 10.5. The van der Waals surface area contributed by atoms with E-state index in [1.54, 1.807) is 18.2 Å². The number of rotatable bonds is 9. The number of hydrogen-bond donors (Lipinski definition) is 3. The molecular weight excluding hydrogens is 328 g/mol. The van der Waals surface area contributed by atoms with Crippen LogP contribution >= 0.6 is 12.4 Å². The topological polar surface area (TPSA) is 84.6 Å². The number of primary amides is 1. The smallest absolute Gasteiger partial charge is 0.252 e. The van der Waals surface area contributed by atoms with Gasteiger partial charge in [0.1, 0.15) is 5.75 Å². The van der Waals surface area contributed by atoms with Gasteiger partial charge in [-0.2, -0.15) is 0 Å². The Labute approximate surface area is 151 Å². The number of halogens is 1. The third-order valence-corrected chi connectivity index (χ3v) is 3.49. The van der Waals surface area contributed by atoms with E-state index >= 15 is 0 Å². The van der Waals surface area contributed by atoms with Crippen molar-refractivity contribution in [1.29, 1.82) is 0 Å². The van der Waals surface area contributed by atoms with Gasteiger partial charge in [0.05, 0.1) is 18.3 Å². The van der Waals surface area contributed by atoms with Crippen LogP contribution in [0.3, 0.4) is 0 Å². The highest BCUT2D eigenvalue weighted by atomic mass is 35.5. The molecule has 0 aliphatic heterocycles. The predicted octanol–water partition coefficient (Wildman–Crippen LogP) is 3.20. The van der Waals surface area contributed by atoms with Crippen molar-refractivity contribution in [2.75, 3.05) is 13.2 Å². The Bertz CT molecular complexity index is 515. The van der Waals surface area contributed by atoms with Crippen LogP contribution < -0.4 is 15.8 Å². The molecule has 4 N–H and O–H groups in total. The Kier molecular flexibility index (Phi) is 9.97. The largest absolute Gasteiger partial charge is 0.493 e. The normalized spacial score (nSPS) is 12.4. The zero-order valence-corrected chi connectivity index (χ0v) is 15.9. The van der Waals surface area contributed by atoms with Crippen LogP contribution in [-0.2, 0) is 0 Å². The molecule has 1 unspecified atom stereocenters. The minimum absolute atomic E-state index is 0. The number of nitrogens with one attached hydrogen (secondary N) is 1. The summed E-state index contributed by atoms with van der Waals surface area (Å²) in [6.45, 7) is 9.17. The van der Waals surface area contributed by atoms with Gasteiger partial charge in [-0.1, -0.05) is 25.8 Å². The molecule has 1 atom stereocenters. The van der Waals surface area contributed by atoms with Crippen molar-refractivity contribution in [2.45, 2.75) is 58.6 Å². The summed E-state index contributed by atoms with van der Waals surface area (Å²) in [5, 5.41) is 13.5. The van der Waals surface area contributed by atoms with Gasteiger partial charge in [0.15, 0.2) is 0 Å². The van der Waals surface area contributed by atoms with E-state index in [1.807, 2.05) is 20.8 Å². The van der Waals surface area contributed by atoms with Crippen LogP contribution in [0.25, 0.3) is 0 Å². The lowest BCUT2D eigenvalue weighted by Gasteiger charge is -2.23. The zero-order chi connectivity index (χ0) is 17.5. The number of aliphatic hydroxyl groups excluding tert-OH is 1. The number of β-amino-alcohol motifs (C(OH)–C–C–N with tert-alkyl or cyclic N) is 1. The molecule has 0 radical (unpaired) electrons. The summed E-state index contributed by atoms with van der Waals surface area (Å²) >= 11 is 0. The van der Waals surface area contributed by atoms with Crippen LogP contribution in [0.4, 0.5) is 0 Å². The molecule has 1 aromatic rings. The zero-order valence-electron chi connectivity index (χ0n) is 15.1. The van der Waals surface area contributed by atoms with E-state index in [9.17, 15) is 9.90 Å². The van der Waals surface area contributed by atoms with Gasteiger partial charge in [0, 0.05) is 12.1 Å². The van der Waals surface area contributed by atoms with E-state index in [0.717, 1.165) is 19.3 Å². The maximum atomic E-state index is 11.6. The van der Waals surface area contributed by atoms with Gasteiger partial charge in [-0.05, 0) is 44.9 Å². The van der Waals surface area contributed by atoms with Crippen LogP contribution in [0, 0.1) is 0 Å². The molecule has 0 aliphatic carbocycles. The Morgan fingerprint density at radius 3 is 2.54 bits per heavy atom. The lowest BCUT2D eigenvalue weighted by atomic mass is 10.0. The summed E-state index contributed by atoms with van der Waals surface area (Å²) in [5.74, 6) is -0.0679. The third-order valence-electron chi connectivity index (χ3n) is 3.49. The molecule has 0 bridgehead atoms. The Morgan fingerprint density at radius 1 is 1.33 bits per heavy atom. The number of carbonyl (C=O) groups is 1. The SMILES string of the molecule is CCCCCOc1ccc(C(O)CNC(C)(C)C)cc1C(N)=O.Cl. The quantitative estimate of drug-likeness (QED) is 0.592. The van der Waals surface area contributed by atoms with Crippen LogP contribution in [0.1, 0.15) is 69.0 Å². The molecule has 0 heterocycles. The van der Waals surface area contributed by atoms with Crippen LogP contribution in [-0.4, -0.2) is 29.7 Å². The van der Waals surface area contributed by atoms with Crippen molar-refractivity contribution >= 4 is 18.3 Å². The minimum atomic E-state index is -0.707. The van der Waals surface area contributed by atoms with Gasteiger partial charge in [-0.15, -0.1) is 12.4 Å². The molecule has 6 heteroatoms. The average Bonchev–Trinajstić information content (AvgIpc) is 2.48. The number of hydrogen-bond acceptors (Lipinski definition) is 4. The van der Waals surface area contributed by atoms with Crippen LogP contribution in [0.2, 0.25) is 0 Å². The van der Waals surface area contributed by atoms with Crippen molar-refractivity contribution in [3.8, 4) is 5.75 Å². The fourth-order valence-electron chi connectivity index (χ4n) is 2.13. The average molecular weight is 359 g/mol. The second-order valence-electron chi connectivity index (χ2n) is 6.82. The molecule has 24 heavy (non-hydrogen) atoms. The monoisotopic (exact) mass is 358 g/mol. The third kappa shape index (κ3) is 7.99. The Morgan fingerprint density at radius 2 is 2.00 bits per heavy atom. The fraction of sp³-hybridized carbons (Fsp3) is 0.611. The highest BCUT2D eigenvalue weighted by molar-refractivity contribution is 5.95. The first-order chi connectivity index (χ1) is 10.7. The summed E-state index contributed by atoms with van der Waals surface area (Å²) in [5.41, 5.74) is 6.32. The van der Waals surface area contributed by atoms with Crippen molar-refractivity contribution in [2.24, 2.45) is 5.73 Å². The number of carbonyl (C=O) groups excluding carboxylic acids is 1. The highest BCUT2D eigenvalue weighted by Gasteiger charge is 2.17. The van der Waals surface area contributed by atoms with Gasteiger partial charge < -0.3 is 20.9 Å². The number of aliphatic hydroxyl groups is 1. The summed E-state index contributed by atoms with van der Waals surface area (Å²) in [4.78, 5) is 11.6. The van der Waals surface area contributed by atoms with Gasteiger partial charge in [-0.3, -0.25) is 4.79 Å². The summed E-state index contributed by atoms with van der Waals surface area (Å²) < 4.78 is 5.65. The van der Waals surface area contributed by atoms with Crippen molar-refractivity contribution in [1.82, 2.24) is 5.32 Å². The number of amides is 1. The van der Waals surface area contributed by atoms with Crippen molar-refractivity contribution in [3.63, 3.8) is 0 Å². The number of nitrogens with two attached hydrogens (primary N) is 1. The van der Waals surface area contributed by atoms with E-state index in [0.29, 0.717) is 30.0 Å². The first-order valence-electron chi connectivity index (χ1n) is 8.24. The molecule has 0 aliphatic rings. The van der Waals surface area contributed by atoms with Gasteiger partial charge in [-0.25, -0.2) is 0 Å². The van der Waals surface area contributed by atoms with E-state index in [2.05, 4.69) is 12.2 Å². The first-order valence-corrected chi connectivity index (χ1v) is 8.24. The van der Waals surface area contributed by atoms with Crippen LogP contribution in [0.15, 0.2) is 18.2 Å². The van der Waals surface area contributed by atoms with Crippen molar-refractivity contribution < 1.29 is 14.6 Å². The van der Waals surface area contributed by atoms with E-state index in [-0.39, 0.29) is 17.9 Å². The first kappa shape index (κ1) is 22.7. The standard InChI is InChI=1S/C18H30N2O3.ClH/c1-5-6-7-10-23-16-9-8-13(11-14(16)17(19)22)15(21)12-20-18(2,3)4;/h8-9,11,15,20-21H,5-7,10,12H2,1-4H3,(H2,19,22);1H. The molecule has 0 saturated heterocycles. The molecule has 1 amide bonds. The Hall–Kier alpha value is -1.30. The lowest BCUT2D eigenvalue weighted by molar-refractivity contribution is 0.0995. The summed E-state index contributed by atoms with van der Waals surface area (Å²) in [6.07, 6.45) is 2.43. The molecule has 0 saturated carbocycles. The molecule has 1 aromatic carbocycles. The Balaban J connectivity index is 0.00000529. The predicted molar refractivity (Wildman–Crippen MR) is 99.9 cm³/mol. The molecule has 5 nitrogen and oxygen atoms in total. The lowest BCUT2D eigenvalue weighted by Crippen LogP contribution is -2.38. The molecule has 0 fully saturated rings. The second-order valence-corrected chi connectivity index (χ2v) is 6.82. The molecule has 0 spiro atoms. The minimum Gasteiger partial charge on any atom is -0.493 e. The number of benzene rings is 1. The summed E-state index contributed by atoms with van der Waals surface area (Å²) in [7, 11) is 0. The van der Waals surface area contributed by atoms with Crippen molar-refractivity contribution in [3.05, 3.63) is 29.3 Å². The van der Waals surface area contributed by atoms with Gasteiger partial charge >= 0.3 is 0 Å². The highest BCUT2D eigenvalue weighted by Crippen LogP contribution is 2.24. The molecular formula is C18H31ClN2O3. The molecule has 1 rings (SSSR count). The summed E-state index contributed by atoms with van der Waals surface area (Å²) in [6, 6.07) is 5.10. The van der Waals surface area contributed by atoms with E-state index in [4.69, 9.17) is 10.5 Å². The molecule has 138 valence electrons. The van der Waals surface area contributed by atoms with Crippen LogP contribution in [0.5, 0.6) is 5.75 Å². The maximum absolute atomic E-state index is 11.6. The number of ether oxygens (including phenoxy) is 1. The van der Waals surface area contributed by atoms with E-state index in [1.165, 1.54) is 0 Å². The number of unbranched alkanes of at least 4 members (excludes halogenated alkanes) is 2. The van der Waals surface area contributed by atoms with Gasteiger partial charge in [0.25, 0.3) is 5.91 Å². The van der Waals surface area contributed by atoms with Gasteiger partial charge in [0.2, 0.25) is 0 Å². The van der Waals surface area contributed by atoms with E-state index < -0.39 is 12.0 Å². The molecule has 0 aromatic heterocycles.